The maximum atomic E-state index is 6.30. The second kappa shape index (κ2) is 6.43. The molecule has 0 spiro atoms. The van der Waals surface area contributed by atoms with Crippen molar-refractivity contribution in [3.05, 3.63) is 48.0 Å². The van der Waals surface area contributed by atoms with Crippen molar-refractivity contribution in [3.63, 3.8) is 0 Å². The molecule has 6 heteroatoms. The lowest BCUT2D eigenvalue weighted by molar-refractivity contribution is 0.834. The number of nitrogens with one attached hydrogen (secondary N) is 1. The van der Waals surface area contributed by atoms with Gasteiger partial charge in [-0.05, 0) is 22.1 Å². The molecule has 4 nitrogen and oxygen atoms in total. The zero-order valence-corrected chi connectivity index (χ0v) is 13.2. The van der Waals surface area contributed by atoms with Crippen molar-refractivity contribution >= 4 is 39.0 Å². The van der Waals surface area contributed by atoms with E-state index in [1.165, 1.54) is 16.7 Å². The standard InChI is InChI=1S/C15H16N4S2/c1-2-20-15-19-18-14(21-15)17-13(16)12-9-5-7-10-6-3-4-8-11(10)12/h3-9,13H,2,16H2,1H3,(H,17,18). The van der Waals surface area contributed by atoms with Gasteiger partial charge in [0.2, 0.25) is 5.13 Å². The Morgan fingerprint density at radius 2 is 2.00 bits per heavy atom. The first-order chi connectivity index (χ1) is 10.3. The van der Waals surface area contributed by atoms with Crippen LogP contribution in [0.5, 0.6) is 0 Å². The Balaban J connectivity index is 1.84. The topological polar surface area (TPSA) is 63.8 Å². The monoisotopic (exact) mass is 316 g/mol. The molecule has 1 heterocycles. The van der Waals surface area contributed by atoms with Gasteiger partial charge in [0.05, 0.1) is 0 Å². The number of rotatable bonds is 5. The first-order valence-corrected chi connectivity index (χ1v) is 8.54. The largest absolute Gasteiger partial charge is 0.341 e. The molecule has 3 rings (SSSR count). The highest BCUT2D eigenvalue weighted by Gasteiger charge is 2.12. The molecule has 3 N–H and O–H groups in total. The Morgan fingerprint density at radius 3 is 2.86 bits per heavy atom. The molecule has 0 radical (unpaired) electrons. The van der Waals surface area contributed by atoms with Crippen molar-refractivity contribution in [2.24, 2.45) is 5.73 Å². The van der Waals surface area contributed by atoms with Crippen LogP contribution in [0.15, 0.2) is 46.8 Å². The van der Waals surface area contributed by atoms with Crippen molar-refractivity contribution in [3.8, 4) is 0 Å². The number of benzene rings is 2. The zero-order chi connectivity index (χ0) is 14.7. The summed E-state index contributed by atoms with van der Waals surface area (Å²) in [5.74, 6) is 0.990. The Hall–Kier alpha value is -1.63. The molecule has 1 aromatic heterocycles. The Kier molecular flexibility index (Phi) is 4.38. The van der Waals surface area contributed by atoms with Gasteiger partial charge in [-0.3, -0.25) is 0 Å². The van der Waals surface area contributed by atoms with E-state index in [-0.39, 0.29) is 6.17 Å². The minimum Gasteiger partial charge on any atom is -0.341 e. The van der Waals surface area contributed by atoms with Crippen LogP contribution in [-0.2, 0) is 0 Å². The fraction of sp³-hybridized carbons (Fsp3) is 0.200. The number of anilines is 1. The third kappa shape index (κ3) is 3.18. The molecule has 0 saturated carbocycles. The molecule has 1 atom stereocenters. The molecule has 0 aliphatic rings. The minimum absolute atomic E-state index is 0.302. The molecule has 21 heavy (non-hydrogen) atoms. The summed E-state index contributed by atoms with van der Waals surface area (Å²) in [4.78, 5) is 0. The van der Waals surface area contributed by atoms with E-state index in [0.29, 0.717) is 0 Å². The molecule has 0 amide bonds. The highest BCUT2D eigenvalue weighted by atomic mass is 32.2. The van der Waals surface area contributed by atoms with Crippen LogP contribution in [0.1, 0.15) is 18.7 Å². The molecule has 3 aromatic rings. The van der Waals surface area contributed by atoms with Gasteiger partial charge < -0.3 is 11.1 Å². The summed E-state index contributed by atoms with van der Waals surface area (Å²) in [6, 6.07) is 14.4. The van der Waals surface area contributed by atoms with E-state index in [1.807, 2.05) is 24.3 Å². The van der Waals surface area contributed by atoms with Crippen LogP contribution < -0.4 is 11.1 Å². The predicted molar refractivity (Wildman–Crippen MR) is 90.8 cm³/mol. The lowest BCUT2D eigenvalue weighted by Crippen LogP contribution is -2.20. The van der Waals surface area contributed by atoms with Crippen molar-refractivity contribution in [1.82, 2.24) is 10.2 Å². The number of nitrogens with two attached hydrogens (primary N) is 1. The van der Waals surface area contributed by atoms with Crippen molar-refractivity contribution in [1.29, 1.82) is 0 Å². The Morgan fingerprint density at radius 1 is 1.19 bits per heavy atom. The first kappa shape index (κ1) is 14.3. The second-order valence-corrected chi connectivity index (χ2v) is 6.99. The molecule has 108 valence electrons. The van der Waals surface area contributed by atoms with E-state index in [1.54, 1.807) is 11.8 Å². The quantitative estimate of drug-likeness (QED) is 0.552. The second-order valence-electron chi connectivity index (χ2n) is 4.50. The molecule has 0 bridgehead atoms. The summed E-state index contributed by atoms with van der Waals surface area (Å²) in [7, 11) is 0. The molecule has 0 aliphatic carbocycles. The van der Waals surface area contributed by atoms with Gasteiger partial charge in [0, 0.05) is 0 Å². The normalized spacial score (nSPS) is 12.5. The number of fused-ring (bicyclic) bond motifs is 1. The summed E-state index contributed by atoms with van der Waals surface area (Å²) in [6.45, 7) is 2.10. The molecule has 0 saturated heterocycles. The SMILES string of the molecule is CCSc1nnc(NC(N)c2cccc3ccccc23)s1. The maximum absolute atomic E-state index is 6.30. The van der Waals surface area contributed by atoms with Gasteiger partial charge in [0.25, 0.3) is 0 Å². The average molecular weight is 316 g/mol. The number of hydrogen-bond acceptors (Lipinski definition) is 6. The highest BCUT2D eigenvalue weighted by Crippen LogP contribution is 2.28. The van der Waals surface area contributed by atoms with Gasteiger partial charge in [-0.15, -0.1) is 10.2 Å². The minimum atomic E-state index is -0.302. The number of aromatic nitrogens is 2. The lowest BCUT2D eigenvalue weighted by Gasteiger charge is -2.15. The third-order valence-electron chi connectivity index (χ3n) is 3.11. The summed E-state index contributed by atoms with van der Waals surface area (Å²) in [6.07, 6.45) is -0.302. The van der Waals surface area contributed by atoms with Crippen LogP contribution in [0.2, 0.25) is 0 Å². The van der Waals surface area contributed by atoms with E-state index in [9.17, 15) is 0 Å². The highest BCUT2D eigenvalue weighted by molar-refractivity contribution is 8.01. The molecular weight excluding hydrogens is 300 g/mol. The van der Waals surface area contributed by atoms with E-state index < -0.39 is 0 Å². The molecule has 0 aliphatic heterocycles. The van der Waals surface area contributed by atoms with Crippen LogP contribution in [0, 0.1) is 0 Å². The van der Waals surface area contributed by atoms with E-state index >= 15 is 0 Å². The fourth-order valence-corrected chi connectivity index (χ4v) is 3.87. The van der Waals surface area contributed by atoms with Gasteiger partial charge in [-0.2, -0.15) is 0 Å². The third-order valence-corrected chi connectivity index (χ3v) is 4.98. The fourth-order valence-electron chi connectivity index (χ4n) is 2.18. The Labute approximate surface area is 131 Å². The van der Waals surface area contributed by atoms with E-state index in [0.717, 1.165) is 26.2 Å². The van der Waals surface area contributed by atoms with Gasteiger partial charge in [-0.25, -0.2) is 0 Å². The van der Waals surface area contributed by atoms with Crippen LogP contribution in [0.4, 0.5) is 5.13 Å². The van der Waals surface area contributed by atoms with Gasteiger partial charge in [0.15, 0.2) is 4.34 Å². The summed E-state index contributed by atoms with van der Waals surface area (Å²) in [5, 5.41) is 14.6. The number of thioether (sulfide) groups is 1. The smallest absolute Gasteiger partial charge is 0.207 e. The molecular formula is C15H16N4S2. The molecule has 0 fully saturated rings. The van der Waals surface area contributed by atoms with Crippen molar-refractivity contribution in [2.45, 2.75) is 17.4 Å². The predicted octanol–water partition coefficient (Wildman–Crippen LogP) is 3.87. The summed E-state index contributed by atoms with van der Waals surface area (Å²) < 4.78 is 0.963. The van der Waals surface area contributed by atoms with Gasteiger partial charge in [0.1, 0.15) is 6.17 Å². The summed E-state index contributed by atoms with van der Waals surface area (Å²) in [5.41, 5.74) is 7.36. The average Bonchev–Trinajstić information content (AvgIpc) is 2.94. The lowest BCUT2D eigenvalue weighted by atomic mass is 10.0. The molecule has 2 aromatic carbocycles. The number of nitrogens with zero attached hydrogens (tertiary/aromatic N) is 2. The summed E-state index contributed by atoms with van der Waals surface area (Å²) >= 11 is 3.22. The van der Waals surface area contributed by atoms with Crippen LogP contribution in [0.3, 0.4) is 0 Å². The Bertz CT molecular complexity index is 736. The number of hydrogen-bond donors (Lipinski definition) is 2. The zero-order valence-electron chi connectivity index (χ0n) is 11.6. The van der Waals surface area contributed by atoms with Crippen LogP contribution in [-0.4, -0.2) is 16.0 Å². The molecule has 1 unspecified atom stereocenters. The van der Waals surface area contributed by atoms with Crippen molar-refractivity contribution in [2.75, 3.05) is 11.1 Å². The van der Waals surface area contributed by atoms with E-state index in [4.69, 9.17) is 5.73 Å². The van der Waals surface area contributed by atoms with Crippen LogP contribution in [0.25, 0.3) is 10.8 Å². The maximum Gasteiger partial charge on any atom is 0.207 e. The van der Waals surface area contributed by atoms with Gasteiger partial charge in [-0.1, -0.05) is 72.5 Å². The van der Waals surface area contributed by atoms with Crippen LogP contribution >= 0.6 is 23.1 Å². The van der Waals surface area contributed by atoms with Gasteiger partial charge >= 0.3 is 0 Å². The van der Waals surface area contributed by atoms with Crippen molar-refractivity contribution < 1.29 is 0 Å². The van der Waals surface area contributed by atoms with E-state index in [2.05, 4.69) is 40.6 Å². The first-order valence-electron chi connectivity index (χ1n) is 6.74.